The Labute approximate surface area is 684 Å². The predicted molar refractivity (Wildman–Crippen MR) is 429 cm³/mol. The largest absolute Gasteiger partial charge is 0.481 e. The lowest BCUT2D eigenvalue weighted by atomic mass is 9.47. The number of alkyl carbamates (subject to hydrolysis) is 2. The number of fused-ring (bicyclic) bond motifs is 10. The van der Waals surface area contributed by atoms with Crippen LogP contribution in [-0.2, 0) is 38.1 Å². The number of hydrogen-bond acceptors (Lipinski definition) is 19. The summed E-state index contributed by atoms with van der Waals surface area (Å²) >= 11 is 0. The van der Waals surface area contributed by atoms with Crippen LogP contribution in [0.1, 0.15) is 249 Å². The molecule has 2 saturated heterocycles. The Bertz CT molecular complexity index is 3960. The lowest BCUT2D eigenvalue weighted by Gasteiger charge is -2.58. The number of carboxylic acid groups (broad SMARTS) is 1. The standard InChI is InChI=1S/C43H65F2N5O8.C34H56N2O5.C9H11F2N3O4/c1-25(2)7-6-8-26(3)30-11-12-31-29-10-9-27-23-28(15-18-41(27,4)32(29)16-19-42(30,31)5)57-40(56)47-21-20-46-35(52)13-14-36(53)48-34-17-22-50(39(55)49-34)38-43(44,45)37(54)33(24-51)58-38;1-22(2)7-6-8-23(3)27-11-12-28-26-10-9-24-21-25(15-17-33(24,4)29(26)16-18-34(27,28)5)41-32(40)36-20-19-35-30(37)13-14-31(38)39;10-9(11)6(16)4(3-15)18-7(9)14-2-1-5(12)13-8(14)17/h9,17,22,25-26,28-33,37-38,51,54H,6-8,10-16,18-21,23-24H2,1-5H3,(H,46,52)(H,47,56)(H,48,49,53,55);9,22-23,25-29H,6-8,10-21H2,1-5H3,(H,35,37)(H,36,40)(H,38,39);1-2,4,6-7,15-16H,3H2,(H2,12,13,17)/t26-,28+,29?,30-,31?,32?,33?,37?,38?,41+,42-;23-,25+,26?,27-,28?,29?,33+,34-;/m11./s1. The minimum atomic E-state index is -3.87. The van der Waals surface area contributed by atoms with E-state index in [2.05, 4.69) is 118 Å². The summed E-state index contributed by atoms with van der Waals surface area (Å²) in [5.74, 6) is -0.811. The quantitative estimate of drug-likeness (QED) is 0.0205. The molecule has 10 aliphatic rings. The number of nitrogens with zero attached hydrogens (tertiary/aromatic N) is 4. The minimum Gasteiger partial charge on any atom is -0.481 e. The molecule has 12 N–H and O–H groups in total. The molecule has 117 heavy (non-hydrogen) atoms. The summed E-state index contributed by atoms with van der Waals surface area (Å²) in [5.41, 5.74) is 7.32. The molecule has 0 aromatic carbocycles. The monoisotopic (exact) mass is 1650 g/mol. The van der Waals surface area contributed by atoms with Crippen molar-refractivity contribution in [2.24, 2.45) is 92.7 Å². The molecule has 0 bridgehead atoms. The van der Waals surface area contributed by atoms with Crippen molar-refractivity contribution in [2.75, 3.05) is 50.4 Å². The molecule has 2 aromatic rings. The summed E-state index contributed by atoms with van der Waals surface area (Å²) in [6.45, 7) is 23.8. The fourth-order valence-corrected chi connectivity index (χ4v) is 23.0. The van der Waals surface area contributed by atoms with E-state index in [4.69, 9.17) is 40.0 Å². The zero-order chi connectivity index (χ0) is 85.3. The van der Waals surface area contributed by atoms with Gasteiger partial charge in [-0.2, -0.15) is 27.5 Å². The van der Waals surface area contributed by atoms with Crippen molar-refractivity contribution in [3.05, 3.63) is 68.8 Å². The highest BCUT2D eigenvalue weighted by atomic mass is 19.3. The van der Waals surface area contributed by atoms with Crippen LogP contribution in [0.5, 0.6) is 0 Å². The Kier molecular flexibility index (Phi) is 30.9. The number of halogens is 4. The number of nitrogens with one attached hydrogen (secondary N) is 5. The molecule has 0 radical (unpaired) electrons. The number of nitrogen functional groups attached to an aromatic ring is 1. The number of allylic oxidation sites excluding steroid dienone is 2. The number of carbonyl (C=O) groups is 6. The van der Waals surface area contributed by atoms with Crippen molar-refractivity contribution < 1.29 is 90.8 Å². The van der Waals surface area contributed by atoms with Gasteiger partial charge in [0.05, 0.1) is 19.6 Å². The van der Waals surface area contributed by atoms with Gasteiger partial charge in [0.2, 0.25) is 30.2 Å². The molecule has 4 heterocycles. The zero-order valence-electron chi connectivity index (χ0n) is 70.2. The topological polar surface area (TPSA) is 396 Å². The van der Waals surface area contributed by atoms with Crippen LogP contribution in [0.4, 0.5) is 38.8 Å². The second kappa shape index (κ2) is 39.2. The van der Waals surface area contributed by atoms with Gasteiger partial charge in [-0.25, -0.2) is 19.2 Å². The molecule has 0 spiro atoms. The number of nitrogens with two attached hydrogens (primary N) is 1. The minimum absolute atomic E-state index is 0.0598. The maximum absolute atomic E-state index is 14.4. The number of aliphatic hydroxyl groups is 4. The summed E-state index contributed by atoms with van der Waals surface area (Å²) in [5, 5.41) is 58.7. The fourth-order valence-electron chi connectivity index (χ4n) is 23.0. The number of aromatic nitrogens is 4. The van der Waals surface area contributed by atoms with Gasteiger partial charge >= 0.3 is 41.4 Å². The third kappa shape index (κ3) is 21.1. The summed E-state index contributed by atoms with van der Waals surface area (Å²) < 4.78 is 78.6. The molecule has 12 rings (SSSR count). The van der Waals surface area contributed by atoms with E-state index >= 15 is 0 Å². The van der Waals surface area contributed by atoms with Crippen LogP contribution in [0.2, 0.25) is 0 Å². The van der Waals surface area contributed by atoms with Crippen LogP contribution in [0.25, 0.3) is 0 Å². The lowest BCUT2D eigenvalue weighted by molar-refractivity contribution is -0.141. The van der Waals surface area contributed by atoms with Gasteiger partial charge in [-0.15, -0.1) is 0 Å². The number of ether oxygens (including phenoxy) is 4. The van der Waals surface area contributed by atoms with Crippen molar-refractivity contribution in [1.29, 1.82) is 0 Å². The van der Waals surface area contributed by atoms with E-state index in [0.29, 0.717) is 25.9 Å². The van der Waals surface area contributed by atoms with E-state index in [1.165, 1.54) is 107 Å². The predicted octanol–water partition coefficient (Wildman–Crippen LogP) is 11.9. The van der Waals surface area contributed by atoms with E-state index < -0.39 is 103 Å². The molecule has 6 saturated carbocycles. The second-order valence-corrected chi connectivity index (χ2v) is 37.3. The van der Waals surface area contributed by atoms with Crippen molar-refractivity contribution in [3.8, 4) is 0 Å². The zero-order valence-corrected chi connectivity index (χ0v) is 70.2. The molecule has 31 heteroatoms. The molecule has 2 aromatic heterocycles. The highest BCUT2D eigenvalue weighted by Crippen LogP contribution is 2.69. The number of hydrogen-bond donors (Lipinski definition) is 11. The molecule has 8 fully saturated rings. The van der Waals surface area contributed by atoms with Gasteiger partial charge in [0, 0.05) is 70.7 Å². The van der Waals surface area contributed by atoms with Gasteiger partial charge in [0.1, 0.15) is 36.1 Å². The molecule has 2 aliphatic heterocycles. The Morgan fingerprint density at radius 2 is 0.957 bits per heavy atom. The van der Waals surface area contributed by atoms with Gasteiger partial charge in [0.25, 0.3) is 0 Å². The Hall–Kier alpha value is -7.06. The number of aliphatic hydroxyl groups excluding tert-OH is 4. The number of carbonyl (C=O) groups excluding carboxylic acids is 5. The molecule has 12 unspecified atom stereocenters. The molecule has 22 atom stereocenters. The van der Waals surface area contributed by atoms with E-state index in [0.717, 1.165) is 135 Å². The van der Waals surface area contributed by atoms with Gasteiger partial charge in [-0.1, -0.05) is 131 Å². The first-order valence-electron chi connectivity index (χ1n) is 43.2. The van der Waals surface area contributed by atoms with Gasteiger partial charge in [0.15, 0.2) is 12.2 Å². The number of anilines is 2. The van der Waals surface area contributed by atoms with Crippen molar-refractivity contribution in [1.82, 2.24) is 40.4 Å². The number of aliphatic carboxylic acids is 1. The average molecular weight is 1650 g/mol. The van der Waals surface area contributed by atoms with Crippen LogP contribution < -0.4 is 43.7 Å². The van der Waals surface area contributed by atoms with Crippen LogP contribution in [-0.4, -0.2) is 168 Å². The highest BCUT2D eigenvalue weighted by Gasteiger charge is 2.64. The van der Waals surface area contributed by atoms with Crippen molar-refractivity contribution in [2.45, 2.75) is 297 Å². The van der Waals surface area contributed by atoms with Crippen molar-refractivity contribution >= 4 is 47.5 Å². The maximum Gasteiger partial charge on any atom is 0.407 e. The summed E-state index contributed by atoms with van der Waals surface area (Å²) in [4.78, 5) is 103. The fraction of sp³-hybridized carbons (Fsp3) is 0.791. The van der Waals surface area contributed by atoms with Gasteiger partial charge < -0.3 is 76.8 Å². The molecule has 27 nitrogen and oxygen atoms in total. The Balaban J connectivity index is 0.000000211. The van der Waals surface area contributed by atoms with Crippen LogP contribution in [0, 0.1) is 92.7 Å². The van der Waals surface area contributed by atoms with E-state index in [-0.39, 0.29) is 92.4 Å². The molecular weight excluding hydrogens is 1520 g/mol. The Morgan fingerprint density at radius 3 is 1.36 bits per heavy atom. The first-order valence-corrected chi connectivity index (χ1v) is 43.2. The lowest BCUT2D eigenvalue weighted by Crippen LogP contribution is -2.51. The normalized spacial score (nSPS) is 33.9. The van der Waals surface area contributed by atoms with Crippen LogP contribution in [0.15, 0.2) is 57.4 Å². The molecule has 656 valence electrons. The SMILES string of the molecule is CC(C)CCC[C@@H](C)[C@H]1CCC2C3CC=C4C[C@@H](OC(=O)NCCNC(=O)CCC(=O)Nc5ccn(C6OC(CO)C(O)C6(F)F)c(=O)n5)CC[C@]4(C)C3CC[C@@]21C.CC(C)CCC[C@@H](C)[C@H]1CCC2C3CC=C4C[C@@H](OC(=O)NCCNC(=O)CCC(=O)O)CC[C@]4(C)C3CC[C@@]21C.Nc1ccn(C2OC(CO)C(O)C2(F)F)c(=O)n1. The number of carboxylic acids is 1. The summed E-state index contributed by atoms with van der Waals surface area (Å²) in [6, 6.07) is 2.25. The second-order valence-electron chi connectivity index (χ2n) is 37.3. The van der Waals surface area contributed by atoms with E-state index in [9.17, 15) is 66.1 Å². The van der Waals surface area contributed by atoms with Crippen molar-refractivity contribution in [3.63, 3.8) is 0 Å². The van der Waals surface area contributed by atoms with E-state index in [1.54, 1.807) is 0 Å². The third-order valence-corrected chi connectivity index (χ3v) is 29.2. The maximum atomic E-state index is 14.4. The van der Waals surface area contributed by atoms with E-state index in [1.807, 2.05) is 0 Å². The highest BCUT2D eigenvalue weighted by molar-refractivity contribution is 5.92. The first kappa shape index (κ1) is 92.2. The third-order valence-electron chi connectivity index (χ3n) is 29.2. The number of alkyl halides is 4. The van der Waals surface area contributed by atoms with Crippen LogP contribution in [0.3, 0.4) is 0 Å². The van der Waals surface area contributed by atoms with Gasteiger partial charge in [-0.05, 0) is 195 Å². The Morgan fingerprint density at radius 1 is 0.547 bits per heavy atom. The van der Waals surface area contributed by atoms with Crippen LogP contribution >= 0.6 is 0 Å². The molecular formula is C86H132F4N10O17. The summed E-state index contributed by atoms with van der Waals surface area (Å²) in [6.07, 6.45) is 20.0. The average Bonchev–Trinajstić information content (AvgIpc) is 1.69. The first-order chi connectivity index (χ1) is 55.3. The molecule has 5 amide bonds. The smallest absolute Gasteiger partial charge is 0.407 e. The van der Waals surface area contributed by atoms with Gasteiger partial charge in [-0.3, -0.25) is 28.3 Å². The molecule has 8 aliphatic carbocycles. The summed E-state index contributed by atoms with van der Waals surface area (Å²) in [7, 11) is 0. The number of amides is 5. The number of rotatable bonds is 29.